The molecule has 1 aliphatic rings. The summed E-state index contributed by atoms with van der Waals surface area (Å²) in [4.78, 5) is 24.5. The van der Waals surface area contributed by atoms with Gasteiger partial charge in [-0.25, -0.2) is 4.79 Å². The van der Waals surface area contributed by atoms with Crippen LogP contribution in [0.25, 0.3) is 0 Å². The predicted molar refractivity (Wildman–Crippen MR) is 96.9 cm³/mol. The largest absolute Gasteiger partial charge is 0.504 e. The van der Waals surface area contributed by atoms with E-state index < -0.39 is 17.7 Å². The zero-order chi connectivity index (χ0) is 19.9. The first-order valence-corrected chi connectivity index (χ1v) is 8.73. The van der Waals surface area contributed by atoms with Gasteiger partial charge in [-0.15, -0.1) is 12.3 Å². The lowest BCUT2D eigenvalue weighted by Crippen LogP contribution is -2.43. The highest BCUT2D eigenvalue weighted by atomic mass is 16.5. The van der Waals surface area contributed by atoms with Crippen molar-refractivity contribution in [1.82, 2.24) is 5.32 Å². The van der Waals surface area contributed by atoms with Crippen molar-refractivity contribution in [2.75, 3.05) is 6.61 Å². The zero-order valence-corrected chi connectivity index (χ0v) is 15.1. The normalized spacial score (nSPS) is 14.8. The van der Waals surface area contributed by atoms with Crippen molar-refractivity contribution in [3.63, 3.8) is 0 Å². The third-order valence-electron chi connectivity index (χ3n) is 4.19. The van der Waals surface area contributed by atoms with E-state index >= 15 is 0 Å². The van der Waals surface area contributed by atoms with E-state index in [1.54, 1.807) is 13.0 Å². The summed E-state index contributed by atoms with van der Waals surface area (Å²) in [5.41, 5.74) is 0.00707. The minimum Gasteiger partial charge on any atom is -0.504 e. The molecule has 27 heavy (non-hydrogen) atoms. The molecule has 0 radical (unpaired) electrons. The van der Waals surface area contributed by atoms with Gasteiger partial charge in [0.05, 0.1) is 6.61 Å². The first-order valence-electron chi connectivity index (χ1n) is 8.73. The lowest BCUT2D eigenvalue weighted by Gasteiger charge is -2.18. The van der Waals surface area contributed by atoms with E-state index in [-0.39, 0.29) is 36.9 Å². The number of benzene rings is 1. The van der Waals surface area contributed by atoms with Gasteiger partial charge in [0, 0.05) is 32.1 Å². The first-order chi connectivity index (χ1) is 12.9. The van der Waals surface area contributed by atoms with E-state index in [4.69, 9.17) is 11.2 Å². The number of hydrogen-bond acceptors (Lipinski definition) is 7. The quantitative estimate of drug-likeness (QED) is 0.329. The molecule has 0 saturated heterocycles. The Kier molecular flexibility index (Phi) is 6.77. The molecule has 8 heteroatoms. The van der Waals surface area contributed by atoms with Crippen molar-refractivity contribution >= 4 is 11.9 Å². The predicted octanol–water partition coefficient (Wildman–Crippen LogP) is 2.04. The number of carbonyl (C=O) groups excluding carboxylic acids is 2. The first kappa shape index (κ1) is 20.2. The zero-order valence-electron chi connectivity index (χ0n) is 15.1. The lowest BCUT2D eigenvalue weighted by atomic mass is 10.0. The molecule has 1 heterocycles. The second kappa shape index (κ2) is 9.03. The van der Waals surface area contributed by atoms with E-state index in [0.29, 0.717) is 24.8 Å². The number of nitrogens with zero attached hydrogens (tertiary/aromatic N) is 2. The Bertz CT molecular complexity index is 763. The van der Waals surface area contributed by atoms with Crippen molar-refractivity contribution in [1.29, 1.82) is 0 Å². The van der Waals surface area contributed by atoms with Gasteiger partial charge in [0.1, 0.15) is 6.04 Å². The minimum atomic E-state index is -0.906. The Morgan fingerprint density at radius 3 is 2.63 bits per heavy atom. The van der Waals surface area contributed by atoms with E-state index in [9.17, 15) is 19.8 Å². The van der Waals surface area contributed by atoms with Gasteiger partial charge in [-0.05, 0) is 24.6 Å². The Hall–Kier alpha value is -3.08. The van der Waals surface area contributed by atoms with Crippen LogP contribution in [0.2, 0.25) is 0 Å². The average molecular weight is 373 g/mol. The number of amides is 1. The third kappa shape index (κ3) is 5.99. The van der Waals surface area contributed by atoms with Gasteiger partial charge in [0.2, 0.25) is 5.91 Å². The molecule has 0 bridgehead atoms. The number of hydrogen-bond donors (Lipinski definition) is 3. The van der Waals surface area contributed by atoms with E-state index in [1.165, 1.54) is 12.1 Å². The van der Waals surface area contributed by atoms with E-state index in [2.05, 4.69) is 21.5 Å². The molecule has 0 fully saturated rings. The summed E-state index contributed by atoms with van der Waals surface area (Å²) in [6.45, 7) is 1.85. The molecular weight excluding hydrogens is 350 g/mol. The van der Waals surface area contributed by atoms with Crippen LogP contribution in [0.3, 0.4) is 0 Å². The maximum absolute atomic E-state index is 12.3. The van der Waals surface area contributed by atoms with Gasteiger partial charge in [0.25, 0.3) is 0 Å². The SMILES string of the molecule is C#CCCC1(CCC(=O)N[C@@H](Cc2ccc(O)c(O)c2)C(=O)OCC)N=N1. The summed E-state index contributed by atoms with van der Waals surface area (Å²) in [7, 11) is 0. The highest BCUT2D eigenvalue weighted by molar-refractivity contribution is 5.84. The molecule has 1 atom stereocenters. The highest BCUT2D eigenvalue weighted by Gasteiger charge is 2.39. The fourth-order valence-corrected chi connectivity index (χ4v) is 2.62. The van der Waals surface area contributed by atoms with Gasteiger partial charge in [-0.2, -0.15) is 10.2 Å². The van der Waals surface area contributed by atoms with Crippen LogP contribution in [-0.2, 0) is 20.7 Å². The monoisotopic (exact) mass is 373 g/mol. The molecular formula is C19H23N3O5. The smallest absolute Gasteiger partial charge is 0.328 e. The molecule has 0 spiro atoms. The van der Waals surface area contributed by atoms with Crippen LogP contribution in [0.4, 0.5) is 0 Å². The maximum Gasteiger partial charge on any atom is 0.328 e. The molecule has 3 N–H and O–H groups in total. The lowest BCUT2D eigenvalue weighted by molar-refractivity contribution is -0.147. The van der Waals surface area contributed by atoms with Gasteiger partial charge >= 0.3 is 5.97 Å². The summed E-state index contributed by atoms with van der Waals surface area (Å²) < 4.78 is 5.02. The number of ether oxygens (including phenoxy) is 1. The van der Waals surface area contributed by atoms with Crippen molar-refractivity contribution in [2.45, 2.75) is 50.7 Å². The molecule has 144 valence electrons. The van der Waals surface area contributed by atoms with Crippen molar-refractivity contribution < 1.29 is 24.5 Å². The minimum absolute atomic E-state index is 0.120. The molecule has 1 amide bonds. The van der Waals surface area contributed by atoms with Gasteiger partial charge in [-0.1, -0.05) is 6.07 Å². The van der Waals surface area contributed by atoms with Crippen molar-refractivity contribution in [2.24, 2.45) is 10.2 Å². The van der Waals surface area contributed by atoms with Crippen LogP contribution in [0.15, 0.2) is 28.4 Å². The van der Waals surface area contributed by atoms with Gasteiger partial charge in [0.15, 0.2) is 17.2 Å². The molecule has 0 saturated carbocycles. The van der Waals surface area contributed by atoms with Crippen LogP contribution in [0.1, 0.15) is 38.2 Å². The van der Waals surface area contributed by atoms with E-state index in [1.807, 2.05) is 0 Å². The Labute approximate surface area is 157 Å². The highest BCUT2D eigenvalue weighted by Crippen LogP contribution is 2.37. The second-order valence-corrected chi connectivity index (χ2v) is 6.29. The second-order valence-electron chi connectivity index (χ2n) is 6.29. The average Bonchev–Trinajstić information content (AvgIpc) is 3.41. The van der Waals surface area contributed by atoms with Gasteiger partial charge < -0.3 is 20.3 Å². The molecule has 1 aromatic carbocycles. The van der Waals surface area contributed by atoms with Crippen molar-refractivity contribution in [3.05, 3.63) is 23.8 Å². The molecule has 2 rings (SSSR count). The molecule has 1 aromatic rings. The number of aromatic hydroxyl groups is 2. The Balaban J connectivity index is 1.95. The Morgan fingerprint density at radius 1 is 1.30 bits per heavy atom. The summed E-state index contributed by atoms with van der Waals surface area (Å²) in [6.07, 6.45) is 7.07. The molecule has 0 aromatic heterocycles. The third-order valence-corrected chi connectivity index (χ3v) is 4.19. The van der Waals surface area contributed by atoms with Crippen LogP contribution in [-0.4, -0.2) is 40.4 Å². The Morgan fingerprint density at radius 2 is 2.04 bits per heavy atom. The molecule has 0 aliphatic carbocycles. The summed E-state index contributed by atoms with van der Waals surface area (Å²) >= 11 is 0. The van der Waals surface area contributed by atoms with Crippen LogP contribution in [0.5, 0.6) is 11.5 Å². The van der Waals surface area contributed by atoms with Crippen LogP contribution >= 0.6 is 0 Å². The maximum atomic E-state index is 12.3. The summed E-state index contributed by atoms with van der Waals surface area (Å²) in [5.74, 6) is 1.08. The van der Waals surface area contributed by atoms with Crippen LogP contribution < -0.4 is 5.32 Å². The van der Waals surface area contributed by atoms with E-state index in [0.717, 1.165) is 0 Å². The summed E-state index contributed by atoms with van der Waals surface area (Å²) in [5, 5.41) is 29.6. The molecule has 1 aliphatic heterocycles. The number of terminal acetylenes is 1. The fraction of sp³-hybridized carbons (Fsp3) is 0.474. The molecule has 8 nitrogen and oxygen atoms in total. The number of rotatable bonds is 10. The topological polar surface area (TPSA) is 121 Å². The summed E-state index contributed by atoms with van der Waals surface area (Å²) in [6, 6.07) is 3.31. The van der Waals surface area contributed by atoms with Crippen molar-refractivity contribution in [3.8, 4) is 23.8 Å². The molecule has 0 unspecified atom stereocenters. The number of phenolic OH excluding ortho intramolecular Hbond substituents is 2. The number of nitrogens with one attached hydrogen (secondary N) is 1. The standard InChI is InChI=1S/C19H23N3O5/c1-3-5-9-19(21-22-19)10-8-17(25)20-14(18(26)27-4-2)11-13-6-7-15(23)16(24)12-13/h1,6-7,12,14,23-24H,4-5,8-11H2,2H3,(H,20,25)/t14-/m0/s1. The number of phenols is 2. The van der Waals surface area contributed by atoms with Crippen LogP contribution in [0, 0.1) is 12.3 Å². The number of esters is 1. The number of carbonyl (C=O) groups is 2. The fourth-order valence-electron chi connectivity index (χ4n) is 2.62. The van der Waals surface area contributed by atoms with Gasteiger partial charge in [-0.3, -0.25) is 4.79 Å².